The van der Waals surface area contributed by atoms with Crippen molar-refractivity contribution in [2.24, 2.45) is 0 Å². The van der Waals surface area contributed by atoms with Crippen molar-refractivity contribution in [2.45, 2.75) is 70.9 Å². The largest absolute Gasteiger partial charge is 0.417 e. The number of hydrogen-bond acceptors (Lipinski definition) is 1. The van der Waals surface area contributed by atoms with Crippen molar-refractivity contribution in [2.75, 3.05) is 0 Å². The first-order valence-corrected chi connectivity index (χ1v) is 8.05. The molecule has 0 aliphatic rings. The van der Waals surface area contributed by atoms with Crippen molar-refractivity contribution >= 4 is 0 Å². The summed E-state index contributed by atoms with van der Waals surface area (Å²) in [5, 5.41) is 8.98. The molecule has 0 aromatic heterocycles. The van der Waals surface area contributed by atoms with E-state index in [1.807, 2.05) is 6.92 Å². The van der Waals surface area contributed by atoms with E-state index >= 15 is 0 Å². The van der Waals surface area contributed by atoms with Crippen molar-refractivity contribution in [1.29, 1.82) is 5.26 Å². The molecule has 0 saturated carbocycles. The number of hydrogen-bond donors (Lipinski definition) is 0. The average Bonchev–Trinajstić information content (AvgIpc) is 2.49. The summed E-state index contributed by atoms with van der Waals surface area (Å²) in [4.78, 5) is 0. The highest BCUT2D eigenvalue weighted by atomic mass is 19.4. The van der Waals surface area contributed by atoms with Crippen LogP contribution in [0.15, 0.2) is 18.2 Å². The third-order valence-corrected chi connectivity index (χ3v) is 4.09. The maximum absolute atomic E-state index is 13.3. The Bertz CT molecular complexity index is 500. The van der Waals surface area contributed by atoms with E-state index < -0.39 is 11.7 Å². The Kier molecular flexibility index (Phi) is 7.44. The SMILES string of the molecule is CCCCCCCC(CC)c1cccc(C#N)c1C(F)(F)F. The Morgan fingerprint density at radius 2 is 1.77 bits per heavy atom. The molecular formula is C18H24F3N. The molecule has 0 aliphatic heterocycles. The monoisotopic (exact) mass is 311 g/mol. The zero-order chi connectivity index (χ0) is 16.6. The predicted octanol–water partition coefficient (Wildman–Crippen LogP) is 6.43. The molecule has 0 spiro atoms. The smallest absolute Gasteiger partial charge is 0.192 e. The van der Waals surface area contributed by atoms with Crippen LogP contribution in [0.2, 0.25) is 0 Å². The van der Waals surface area contributed by atoms with Gasteiger partial charge in [0.1, 0.15) is 0 Å². The van der Waals surface area contributed by atoms with Crippen molar-refractivity contribution in [3.8, 4) is 6.07 Å². The second-order valence-electron chi connectivity index (χ2n) is 5.69. The highest BCUT2D eigenvalue weighted by molar-refractivity contribution is 5.46. The zero-order valence-electron chi connectivity index (χ0n) is 13.3. The van der Waals surface area contributed by atoms with E-state index in [1.54, 1.807) is 12.1 Å². The van der Waals surface area contributed by atoms with Gasteiger partial charge in [-0.1, -0.05) is 58.1 Å². The number of benzene rings is 1. The summed E-state index contributed by atoms with van der Waals surface area (Å²) in [7, 11) is 0. The molecule has 1 nitrogen and oxygen atoms in total. The Balaban J connectivity index is 2.95. The number of nitriles is 1. The maximum atomic E-state index is 13.3. The molecule has 0 heterocycles. The van der Waals surface area contributed by atoms with Gasteiger partial charge in [-0.15, -0.1) is 0 Å². The molecule has 0 fully saturated rings. The summed E-state index contributed by atoms with van der Waals surface area (Å²) in [5.41, 5.74) is -0.725. The van der Waals surface area contributed by atoms with E-state index in [2.05, 4.69) is 6.92 Å². The number of unbranched alkanes of at least 4 members (excludes halogenated alkanes) is 4. The molecule has 1 atom stereocenters. The minimum absolute atomic E-state index is 0.133. The van der Waals surface area contributed by atoms with E-state index in [9.17, 15) is 13.2 Å². The van der Waals surface area contributed by atoms with Crippen LogP contribution in [0.1, 0.15) is 81.4 Å². The standard InChI is InChI=1S/C18H24F3N/c1-3-5-6-7-8-10-14(4-2)16-12-9-11-15(13-22)17(16)18(19,20)21/h9,11-12,14H,3-8,10H2,1-2H3. The van der Waals surface area contributed by atoms with Gasteiger partial charge in [-0.25, -0.2) is 0 Å². The van der Waals surface area contributed by atoms with Gasteiger partial charge in [0.2, 0.25) is 0 Å². The minimum atomic E-state index is -4.47. The van der Waals surface area contributed by atoms with Gasteiger partial charge in [0, 0.05) is 0 Å². The van der Waals surface area contributed by atoms with Gasteiger partial charge >= 0.3 is 6.18 Å². The molecule has 0 N–H and O–H groups in total. The van der Waals surface area contributed by atoms with E-state index in [0.29, 0.717) is 6.42 Å². The number of nitrogens with zero attached hydrogens (tertiary/aromatic N) is 1. The van der Waals surface area contributed by atoms with Gasteiger partial charge in [-0.05, 0) is 30.4 Å². The summed E-state index contributed by atoms with van der Waals surface area (Å²) in [6.07, 6.45) is 2.39. The molecule has 1 unspecified atom stereocenters. The highest BCUT2D eigenvalue weighted by Gasteiger charge is 2.37. The second kappa shape index (κ2) is 8.82. The van der Waals surface area contributed by atoms with Crippen molar-refractivity contribution in [3.63, 3.8) is 0 Å². The van der Waals surface area contributed by atoms with Gasteiger partial charge in [-0.2, -0.15) is 18.4 Å². The molecule has 0 amide bonds. The first-order chi connectivity index (χ1) is 10.5. The van der Waals surface area contributed by atoms with Gasteiger partial charge in [0.15, 0.2) is 0 Å². The average molecular weight is 311 g/mol. The molecule has 22 heavy (non-hydrogen) atoms. The van der Waals surface area contributed by atoms with E-state index in [0.717, 1.165) is 32.1 Å². The first kappa shape index (κ1) is 18.5. The molecule has 1 aromatic rings. The molecule has 0 saturated heterocycles. The van der Waals surface area contributed by atoms with Crippen LogP contribution in [0.5, 0.6) is 0 Å². The lowest BCUT2D eigenvalue weighted by atomic mass is 9.85. The van der Waals surface area contributed by atoms with Crippen LogP contribution in [-0.4, -0.2) is 0 Å². The quantitative estimate of drug-likeness (QED) is 0.507. The van der Waals surface area contributed by atoms with Crippen LogP contribution in [0.3, 0.4) is 0 Å². The normalized spacial score (nSPS) is 12.9. The van der Waals surface area contributed by atoms with Crippen molar-refractivity contribution < 1.29 is 13.2 Å². The van der Waals surface area contributed by atoms with Crippen molar-refractivity contribution in [1.82, 2.24) is 0 Å². The molecule has 122 valence electrons. The number of rotatable bonds is 8. The Hall–Kier alpha value is -1.50. The van der Waals surface area contributed by atoms with Gasteiger partial charge < -0.3 is 0 Å². The molecule has 1 aromatic carbocycles. The maximum Gasteiger partial charge on any atom is 0.417 e. The molecular weight excluding hydrogens is 287 g/mol. The van der Waals surface area contributed by atoms with Gasteiger partial charge in [0.25, 0.3) is 0 Å². The van der Waals surface area contributed by atoms with Crippen LogP contribution >= 0.6 is 0 Å². The predicted molar refractivity (Wildman–Crippen MR) is 82.6 cm³/mol. The van der Waals surface area contributed by atoms with Crippen LogP contribution in [0.4, 0.5) is 13.2 Å². The summed E-state index contributed by atoms with van der Waals surface area (Å²) in [6.45, 7) is 4.05. The topological polar surface area (TPSA) is 23.8 Å². The summed E-state index contributed by atoms with van der Waals surface area (Å²) >= 11 is 0. The lowest BCUT2D eigenvalue weighted by Crippen LogP contribution is -2.14. The number of alkyl halides is 3. The molecule has 1 rings (SSSR count). The fraction of sp³-hybridized carbons (Fsp3) is 0.611. The Morgan fingerprint density at radius 1 is 1.09 bits per heavy atom. The highest BCUT2D eigenvalue weighted by Crippen LogP contribution is 2.39. The second-order valence-corrected chi connectivity index (χ2v) is 5.69. The fourth-order valence-electron chi connectivity index (χ4n) is 2.89. The van der Waals surface area contributed by atoms with Crippen molar-refractivity contribution in [3.05, 3.63) is 34.9 Å². The lowest BCUT2D eigenvalue weighted by Gasteiger charge is -2.21. The lowest BCUT2D eigenvalue weighted by molar-refractivity contribution is -0.138. The minimum Gasteiger partial charge on any atom is -0.192 e. The molecule has 4 heteroatoms. The molecule has 0 aliphatic carbocycles. The van der Waals surface area contributed by atoms with Crippen LogP contribution < -0.4 is 0 Å². The third-order valence-electron chi connectivity index (χ3n) is 4.09. The van der Waals surface area contributed by atoms with Gasteiger partial charge in [-0.3, -0.25) is 0 Å². The Morgan fingerprint density at radius 3 is 2.32 bits per heavy atom. The number of halogens is 3. The van der Waals surface area contributed by atoms with E-state index in [-0.39, 0.29) is 17.0 Å². The molecule has 0 bridgehead atoms. The van der Waals surface area contributed by atoms with Crippen LogP contribution in [0.25, 0.3) is 0 Å². The van der Waals surface area contributed by atoms with Crippen LogP contribution in [-0.2, 0) is 6.18 Å². The zero-order valence-corrected chi connectivity index (χ0v) is 13.3. The van der Waals surface area contributed by atoms with Gasteiger partial charge in [0.05, 0.1) is 17.2 Å². The Labute approximate surface area is 131 Å². The molecule has 0 radical (unpaired) electrons. The van der Waals surface area contributed by atoms with E-state index in [1.165, 1.54) is 18.6 Å². The third kappa shape index (κ3) is 5.05. The summed E-state index contributed by atoms with van der Waals surface area (Å²) < 4.78 is 40.0. The summed E-state index contributed by atoms with van der Waals surface area (Å²) in [5.74, 6) is -0.133. The summed E-state index contributed by atoms with van der Waals surface area (Å²) in [6, 6.07) is 6.03. The van der Waals surface area contributed by atoms with E-state index in [4.69, 9.17) is 5.26 Å². The fourth-order valence-corrected chi connectivity index (χ4v) is 2.89. The van der Waals surface area contributed by atoms with Crippen LogP contribution in [0, 0.1) is 11.3 Å². The first-order valence-electron chi connectivity index (χ1n) is 8.05.